The monoisotopic (exact) mass is 348 g/mol. The molecule has 1 aromatic rings. The van der Waals surface area contributed by atoms with E-state index in [2.05, 4.69) is 0 Å². The second kappa shape index (κ2) is 6.23. The van der Waals surface area contributed by atoms with Crippen molar-refractivity contribution in [1.82, 2.24) is 5.32 Å². The number of anilines is 1. The lowest BCUT2D eigenvalue weighted by Gasteiger charge is -2.39. The van der Waals surface area contributed by atoms with E-state index < -0.39 is 36.0 Å². The van der Waals surface area contributed by atoms with Crippen molar-refractivity contribution < 1.29 is 31.1 Å². The van der Waals surface area contributed by atoms with E-state index >= 15 is 0 Å². The fourth-order valence-corrected chi connectivity index (χ4v) is 1.75. The molecule has 1 aromatic carbocycles. The van der Waals surface area contributed by atoms with Crippen molar-refractivity contribution in [3.05, 3.63) is 29.3 Å². The van der Waals surface area contributed by atoms with Gasteiger partial charge in [-0.3, -0.25) is 4.79 Å². The minimum atomic E-state index is -5.83. The van der Waals surface area contributed by atoms with Crippen LogP contribution in [0.15, 0.2) is 24.3 Å². The molecule has 10 heteroatoms. The van der Waals surface area contributed by atoms with Crippen LogP contribution in [-0.2, 0) is 4.79 Å². The number of halogens is 7. The Morgan fingerprint density at radius 2 is 1.68 bits per heavy atom. The lowest BCUT2D eigenvalue weighted by Crippen LogP contribution is -2.72. The van der Waals surface area contributed by atoms with E-state index in [1.54, 1.807) is 0 Å². The van der Waals surface area contributed by atoms with E-state index in [4.69, 9.17) is 11.6 Å². The van der Waals surface area contributed by atoms with Gasteiger partial charge in [0.25, 0.3) is 0 Å². The van der Waals surface area contributed by atoms with Crippen LogP contribution in [0.4, 0.5) is 32.0 Å². The number of benzene rings is 1. The first kappa shape index (κ1) is 18.4. The van der Waals surface area contributed by atoms with E-state index in [-0.39, 0.29) is 5.02 Å². The third-order valence-electron chi connectivity index (χ3n) is 2.65. The van der Waals surface area contributed by atoms with E-state index in [0.29, 0.717) is 0 Å². The molecule has 0 fully saturated rings. The highest BCUT2D eigenvalue weighted by Crippen LogP contribution is 2.43. The van der Waals surface area contributed by atoms with Gasteiger partial charge < -0.3 is 10.6 Å². The second-order valence-electron chi connectivity index (χ2n) is 4.28. The zero-order valence-corrected chi connectivity index (χ0v) is 11.8. The Morgan fingerprint density at radius 3 is 2.09 bits per heavy atom. The van der Waals surface area contributed by atoms with Crippen molar-refractivity contribution in [3.8, 4) is 0 Å². The number of carbonyl (C=O) groups is 1. The Bertz CT molecular complexity index is 529. The molecule has 0 unspecified atom stereocenters. The SMILES string of the molecule is CCC(=O)NC(Nc1cccc(Cl)c1)(C(F)(F)F)C(F)(F)F. The van der Waals surface area contributed by atoms with Crippen LogP contribution in [-0.4, -0.2) is 23.9 Å². The normalized spacial score (nSPS) is 12.9. The van der Waals surface area contributed by atoms with Gasteiger partial charge in [0.2, 0.25) is 5.91 Å². The second-order valence-corrected chi connectivity index (χ2v) is 4.72. The van der Waals surface area contributed by atoms with Crippen molar-refractivity contribution in [2.75, 3.05) is 5.32 Å². The Balaban J connectivity index is 3.39. The van der Waals surface area contributed by atoms with Crippen LogP contribution in [0.1, 0.15) is 13.3 Å². The van der Waals surface area contributed by atoms with Crippen LogP contribution in [0.5, 0.6) is 0 Å². The molecule has 0 aliphatic carbocycles. The van der Waals surface area contributed by atoms with Gasteiger partial charge in [-0.15, -0.1) is 0 Å². The molecule has 0 heterocycles. The number of carbonyl (C=O) groups excluding carboxylic acids is 1. The predicted octanol–water partition coefficient (Wildman–Crippen LogP) is 4.10. The molecule has 0 radical (unpaired) electrons. The quantitative estimate of drug-likeness (QED) is 0.635. The highest BCUT2D eigenvalue weighted by atomic mass is 35.5. The molecule has 22 heavy (non-hydrogen) atoms. The molecule has 0 spiro atoms. The molecule has 1 rings (SSSR count). The zero-order valence-electron chi connectivity index (χ0n) is 11.1. The first-order chi connectivity index (χ1) is 9.93. The Hall–Kier alpha value is -1.64. The average Bonchev–Trinajstić information content (AvgIpc) is 2.35. The maximum atomic E-state index is 13.1. The maximum Gasteiger partial charge on any atom is 0.439 e. The van der Waals surface area contributed by atoms with E-state index in [1.807, 2.05) is 0 Å². The first-order valence-electron chi connectivity index (χ1n) is 5.91. The minimum absolute atomic E-state index is 0.0648. The van der Waals surface area contributed by atoms with Gasteiger partial charge in [0, 0.05) is 17.1 Å². The summed E-state index contributed by atoms with van der Waals surface area (Å²) in [5.41, 5.74) is -5.16. The van der Waals surface area contributed by atoms with E-state index in [9.17, 15) is 31.1 Å². The van der Waals surface area contributed by atoms with Crippen LogP contribution in [0.25, 0.3) is 0 Å². The summed E-state index contributed by atoms with van der Waals surface area (Å²) in [6, 6.07) is 4.30. The third-order valence-corrected chi connectivity index (χ3v) is 2.89. The summed E-state index contributed by atoms with van der Waals surface area (Å²) >= 11 is 5.55. The summed E-state index contributed by atoms with van der Waals surface area (Å²) in [4.78, 5) is 11.2. The molecule has 0 saturated heterocycles. The number of hydrogen-bond donors (Lipinski definition) is 2. The molecular weight excluding hydrogens is 338 g/mol. The predicted molar refractivity (Wildman–Crippen MR) is 68.3 cm³/mol. The molecule has 0 atom stereocenters. The van der Waals surface area contributed by atoms with Gasteiger partial charge in [0.15, 0.2) is 0 Å². The molecule has 1 amide bonds. The number of amides is 1. The summed E-state index contributed by atoms with van der Waals surface area (Å²) in [5, 5.41) is 2.23. The van der Waals surface area contributed by atoms with Gasteiger partial charge >= 0.3 is 18.0 Å². The molecule has 2 N–H and O–H groups in total. The largest absolute Gasteiger partial charge is 0.439 e. The third kappa shape index (κ3) is 3.76. The van der Waals surface area contributed by atoms with Crippen LogP contribution in [0.3, 0.4) is 0 Å². The number of nitrogens with one attached hydrogen (secondary N) is 2. The summed E-state index contributed by atoms with van der Waals surface area (Å²) in [5.74, 6) is -1.41. The standard InChI is InChI=1S/C12H11ClF6N2O/c1-2-9(22)21-10(11(14,15)16,12(17,18)19)20-8-5-3-4-7(13)6-8/h3-6,20H,2H2,1H3,(H,21,22). The lowest BCUT2D eigenvalue weighted by atomic mass is 10.1. The van der Waals surface area contributed by atoms with Gasteiger partial charge in [-0.1, -0.05) is 24.6 Å². The summed E-state index contributed by atoms with van der Waals surface area (Å²) in [6.45, 7) is 1.13. The Labute approximate surface area is 126 Å². The van der Waals surface area contributed by atoms with Crippen LogP contribution < -0.4 is 10.6 Å². The highest BCUT2D eigenvalue weighted by Gasteiger charge is 2.72. The molecule has 0 saturated carbocycles. The highest BCUT2D eigenvalue weighted by molar-refractivity contribution is 6.30. The Morgan fingerprint density at radius 1 is 1.14 bits per heavy atom. The van der Waals surface area contributed by atoms with Crippen molar-refractivity contribution in [1.29, 1.82) is 0 Å². The zero-order chi connectivity index (χ0) is 17.2. The molecule has 3 nitrogen and oxygen atoms in total. The molecule has 124 valence electrons. The fourth-order valence-electron chi connectivity index (χ4n) is 1.56. The smallest absolute Gasteiger partial charge is 0.348 e. The summed E-state index contributed by atoms with van der Waals surface area (Å²) in [7, 11) is 0. The van der Waals surface area contributed by atoms with Gasteiger partial charge in [0.05, 0.1) is 0 Å². The fraction of sp³-hybridized carbons (Fsp3) is 0.417. The number of hydrogen-bond acceptors (Lipinski definition) is 2. The van der Waals surface area contributed by atoms with Crippen LogP contribution >= 0.6 is 11.6 Å². The molecule has 0 bridgehead atoms. The molecule has 0 aliphatic rings. The van der Waals surface area contributed by atoms with Crippen molar-refractivity contribution in [2.45, 2.75) is 31.4 Å². The van der Waals surface area contributed by atoms with Gasteiger partial charge in [-0.25, -0.2) is 0 Å². The minimum Gasteiger partial charge on any atom is -0.348 e. The first-order valence-corrected chi connectivity index (χ1v) is 6.29. The molecule has 0 aromatic heterocycles. The van der Waals surface area contributed by atoms with E-state index in [0.717, 1.165) is 24.4 Å². The van der Waals surface area contributed by atoms with Crippen molar-refractivity contribution in [2.24, 2.45) is 0 Å². The number of alkyl halides is 6. The van der Waals surface area contributed by atoms with Gasteiger partial charge in [-0.05, 0) is 18.2 Å². The summed E-state index contributed by atoms with van der Waals surface area (Å²) < 4.78 is 78.7. The Kier molecular flexibility index (Phi) is 5.21. The summed E-state index contributed by atoms with van der Waals surface area (Å²) in [6.07, 6.45) is -12.2. The maximum absolute atomic E-state index is 13.1. The van der Waals surface area contributed by atoms with Crippen LogP contribution in [0.2, 0.25) is 5.02 Å². The molecule has 0 aliphatic heterocycles. The van der Waals surface area contributed by atoms with Gasteiger partial charge in [0.1, 0.15) is 0 Å². The topological polar surface area (TPSA) is 41.1 Å². The van der Waals surface area contributed by atoms with Crippen molar-refractivity contribution >= 4 is 23.2 Å². The average molecular weight is 349 g/mol. The lowest BCUT2D eigenvalue weighted by molar-refractivity contribution is -0.295. The van der Waals surface area contributed by atoms with Gasteiger partial charge in [-0.2, -0.15) is 26.3 Å². The number of rotatable bonds is 4. The molecular formula is C12H11ClF6N2O. The van der Waals surface area contributed by atoms with E-state index in [1.165, 1.54) is 17.4 Å². The van der Waals surface area contributed by atoms with Crippen LogP contribution in [0, 0.1) is 0 Å². The van der Waals surface area contributed by atoms with Crippen molar-refractivity contribution in [3.63, 3.8) is 0 Å².